The maximum Gasteiger partial charge on any atom is 0.310 e. The molecular formula is C12H15FO3. The topological polar surface area (TPSA) is 35.5 Å². The second-order valence-corrected chi connectivity index (χ2v) is 3.36. The zero-order valence-corrected chi connectivity index (χ0v) is 9.67. The van der Waals surface area contributed by atoms with Gasteiger partial charge in [-0.1, -0.05) is 6.92 Å². The molecule has 0 aromatic heterocycles. The van der Waals surface area contributed by atoms with E-state index in [9.17, 15) is 9.18 Å². The number of hydrogen-bond donors (Lipinski definition) is 0. The van der Waals surface area contributed by atoms with Crippen LogP contribution in [-0.2, 0) is 22.4 Å². The summed E-state index contributed by atoms with van der Waals surface area (Å²) in [6.07, 6.45) is 0.664. The molecule has 1 aromatic rings. The first-order valence-electron chi connectivity index (χ1n) is 5.04. The fourth-order valence-electron chi connectivity index (χ4n) is 1.48. The average Bonchev–Trinajstić information content (AvgIpc) is 2.30. The summed E-state index contributed by atoms with van der Waals surface area (Å²) >= 11 is 0. The molecule has 4 heteroatoms. The van der Waals surface area contributed by atoms with Gasteiger partial charge in [0.1, 0.15) is 11.6 Å². The summed E-state index contributed by atoms with van der Waals surface area (Å²) in [5.41, 5.74) is 1.22. The molecule has 0 unspecified atom stereocenters. The minimum absolute atomic E-state index is 0.0562. The minimum Gasteiger partial charge on any atom is -0.496 e. The molecule has 0 spiro atoms. The zero-order chi connectivity index (χ0) is 12.1. The highest BCUT2D eigenvalue weighted by Crippen LogP contribution is 2.23. The molecule has 0 amide bonds. The summed E-state index contributed by atoms with van der Waals surface area (Å²) < 4.78 is 23.1. The second-order valence-electron chi connectivity index (χ2n) is 3.36. The summed E-state index contributed by atoms with van der Waals surface area (Å²) in [5, 5.41) is 0. The van der Waals surface area contributed by atoms with Crippen LogP contribution in [0.4, 0.5) is 4.39 Å². The van der Waals surface area contributed by atoms with Crippen molar-refractivity contribution in [3.05, 3.63) is 29.1 Å². The lowest BCUT2D eigenvalue weighted by atomic mass is 10.0. The van der Waals surface area contributed by atoms with E-state index in [1.807, 2.05) is 6.92 Å². The zero-order valence-electron chi connectivity index (χ0n) is 9.67. The molecule has 0 saturated carbocycles. The largest absolute Gasteiger partial charge is 0.496 e. The Morgan fingerprint density at radius 3 is 2.50 bits per heavy atom. The highest BCUT2D eigenvalue weighted by atomic mass is 19.1. The fraction of sp³-hybridized carbons (Fsp3) is 0.417. The van der Waals surface area contributed by atoms with E-state index in [4.69, 9.17) is 4.74 Å². The van der Waals surface area contributed by atoms with Crippen molar-refractivity contribution in [2.24, 2.45) is 0 Å². The Bertz CT molecular complexity index is 388. The summed E-state index contributed by atoms with van der Waals surface area (Å²) in [6.45, 7) is 1.94. The summed E-state index contributed by atoms with van der Waals surface area (Å²) in [7, 11) is 2.78. The molecule has 0 atom stereocenters. The highest BCUT2D eigenvalue weighted by Gasteiger charge is 2.12. The van der Waals surface area contributed by atoms with Gasteiger partial charge in [-0.05, 0) is 23.6 Å². The van der Waals surface area contributed by atoms with E-state index in [0.29, 0.717) is 11.3 Å². The number of hydrogen-bond acceptors (Lipinski definition) is 3. The van der Waals surface area contributed by atoms with Crippen LogP contribution in [0.2, 0.25) is 0 Å². The third kappa shape index (κ3) is 2.72. The van der Waals surface area contributed by atoms with Gasteiger partial charge >= 0.3 is 5.97 Å². The van der Waals surface area contributed by atoms with Crippen molar-refractivity contribution >= 4 is 5.97 Å². The summed E-state index contributed by atoms with van der Waals surface area (Å²) in [4.78, 5) is 11.1. The van der Waals surface area contributed by atoms with Crippen molar-refractivity contribution in [1.29, 1.82) is 0 Å². The van der Waals surface area contributed by atoms with Crippen LogP contribution in [0.1, 0.15) is 18.1 Å². The molecule has 0 N–H and O–H groups in total. The van der Waals surface area contributed by atoms with Crippen LogP contribution in [0.15, 0.2) is 12.1 Å². The van der Waals surface area contributed by atoms with Crippen LogP contribution in [0, 0.1) is 5.82 Å². The molecule has 88 valence electrons. The first-order valence-corrected chi connectivity index (χ1v) is 5.04. The van der Waals surface area contributed by atoms with E-state index < -0.39 is 11.8 Å². The number of ether oxygens (including phenoxy) is 2. The molecule has 1 rings (SSSR count). The van der Waals surface area contributed by atoms with Crippen LogP contribution in [-0.4, -0.2) is 20.2 Å². The number of carbonyl (C=O) groups is 1. The van der Waals surface area contributed by atoms with Crippen LogP contribution >= 0.6 is 0 Å². The average molecular weight is 226 g/mol. The van der Waals surface area contributed by atoms with Crippen LogP contribution in [0.25, 0.3) is 0 Å². The van der Waals surface area contributed by atoms with Crippen molar-refractivity contribution in [3.63, 3.8) is 0 Å². The minimum atomic E-state index is -0.453. The Balaban J connectivity index is 3.06. The molecule has 0 aliphatic rings. The van der Waals surface area contributed by atoms with Gasteiger partial charge in [0.2, 0.25) is 0 Å². The SMILES string of the molecule is CCc1cc(CC(=O)OC)c(F)cc1OC. The van der Waals surface area contributed by atoms with Crippen molar-refractivity contribution in [2.75, 3.05) is 14.2 Å². The number of esters is 1. The van der Waals surface area contributed by atoms with Gasteiger partial charge in [-0.2, -0.15) is 0 Å². The molecule has 0 heterocycles. The Morgan fingerprint density at radius 1 is 1.31 bits per heavy atom. The van der Waals surface area contributed by atoms with E-state index in [1.165, 1.54) is 20.3 Å². The van der Waals surface area contributed by atoms with Gasteiger partial charge < -0.3 is 9.47 Å². The molecule has 16 heavy (non-hydrogen) atoms. The quantitative estimate of drug-likeness (QED) is 0.738. The summed E-state index contributed by atoms with van der Waals surface area (Å²) in [5.74, 6) is -0.390. The highest BCUT2D eigenvalue weighted by molar-refractivity contribution is 5.72. The maximum atomic E-state index is 13.6. The number of carbonyl (C=O) groups excluding carboxylic acids is 1. The lowest BCUT2D eigenvalue weighted by Crippen LogP contribution is -2.07. The molecular weight excluding hydrogens is 211 g/mol. The molecule has 0 saturated heterocycles. The molecule has 0 aliphatic heterocycles. The van der Waals surface area contributed by atoms with Crippen LogP contribution in [0.5, 0.6) is 5.75 Å². The standard InChI is InChI=1S/C12H15FO3/c1-4-8-5-9(6-12(14)16-3)10(13)7-11(8)15-2/h5,7H,4,6H2,1-3H3. The van der Waals surface area contributed by atoms with Gasteiger partial charge in [-0.15, -0.1) is 0 Å². The second kappa shape index (κ2) is 5.49. The summed E-state index contributed by atoms with van der Waals surface area (Å²) in [6, 6.07) is 2.95. The van der Waals surface area contributed by atoms with E-state index in [2.05, 4.69) is 4.74 Å². The fourth-order valence-corrected chi connectivity index (χ4v) is 1.48. The van der Waals surface area contributed by atoms with Crippen molar-refractivity contribution in [1.82, 2.24) is 0 Å². The first kappa shape index (κ1) is 12.5. The normalized spacial score (nSPS) is 10.0. The lowest BCUT2D eigenvalue weighted by molar-refractivity contribution is -0.139. The molecule has 1 aromatic carbocycles. The maximum absolute atomic E-state index is 13.6. The van der Waals surface area contributed by atoms with E-state index >= 15 is 0 Å². The Hall–Kier alpha value is -1.58. The van der Waals surface area contributed by atoms with Crippen molar-refractivity contribution < 1.29 is 18.7 Å². The Morgan fingerprint density at radius 2 is 2.00 bits per heavy atom. The number of aryl methyl sites for hydroxylation is 1. The number of rotatable bonds is 4. The van der Waals surface area contributed by atoms with E-state index in [0.717, 1.165) is 12.0 Å². The molecule has 0 aliphatic carbocycles. The van der Waals surface area contributed by atoms with Gasteiger partial charge in [0.15, 0.2) is 0 Å². The Labute approximate surface area is 94.2 Å². The third-order valence-electron chi connectivity index (χ3n) is 2.39. The van der Waals surface area contributed by atoms with Gasteiger partial charge in [0.25, 0.3) is 0 Å². The Kier molecular flexibility index (Phi) is 4.28. The van der Waals surface area contributed by atoms with Gasteiger partial charge in [-0.3, -0.25) is 4.79 Å². The monoisotopic (exact) mass is 226 g/mol. The number of halogens is 1. The van der Waals surface area contributed by atoms with Crippen molar-refractivity contribution in [2.45, 2.75) is 19.8 Å². The lowest BCUT2D eigenvalue weighted by Gasteiger charge is -2.10. The third-order valence-corrected chi connectivity index (χ3v) is 2.39. The van der Waals surface area contributed by atoms with Crippen LogP contribution in [0.3, 0.4) is 0 Å². The van der Waals surface area contributed by atoms with Gasteiger partial charge in [0.05, 0.1) is 20.6 Å². The first-order chi connectivity index (χ1) is 7.62. The van der Waals surface area contributed by atoms with E-state index in [1.54, 1.807) is 6.07 Å². The van der Waals surface area contributed by atoms with Gasteiger partial charge in [-0.25, -0.2) is 4.39 Å². The number of benzene rings is 1. The van der Waals surface area contributed by atoms with Crippen LogP contribution < -0.4 is 4.74 Å². The molecule has 0 radical (unpaired) electrons. The predicted molar refractivity (Wildman–Crippen MR) is 58.1 cm³/mol. The van der Waals surface area contributed by atoms with Crippen molar-refractivity contribution in [3.8, 4) is 5.75 Å². The van der Waals surface area contributed by atoms with Gasteiger partial charge in [0, 0.05) is 6.07 Å². The molecule has 0 fully saturated rings. The molecule has 0 bridgehead atoms. The molecule has 3 nitrogen and oxygen atoms in total. The smallest absolute Gasteiger partial charge is 0.310 e. The number of methoxy groups -OCH3 is 2. The van der Waals surface area contributed by atoms with E-state index in [-0.39, 0.29) is 6.42 Å². The predicted octanol–water partition coefficient (Wildman–Crippen LogP) is 2.11.